The highest BCUT2D eigenvalue weighted by atomic mass is 19.3. The number of para-hydroxylation sites is 1. The number of aromatic nitrogens is 3. The van der Waals surface area contributed by atoms with E-state index in [0.29, 0.717) is 11.9 Å². The number of nitrogens with one attached hydrogen (secondary N) is 1. The number of carbonyl (C=O) groups excluding carboxylic acids is 1. The molecule has 0 unspecified atom stereocenters. The van der Waals surface area contributed by atoms with Crippen molar-refractivity contribution in [3.63, 3.8) is 0 Å². The fourth-order valence-electron chi connectivity index (χ4n) is 3.43. The number of aryl methyl sites for hydroxylation is 1. The van der Waals surface area contributed by atoms with Crippen LogP contribution in [-0.2, 0) is 0 Å². The molecule has 1 saturated carbocycles. The molecule has 1 aliphatic carbocycles. The molecule has 7 nitrogen and oxygen atoms in total. The first-order chi connectivity index (χ1) is 16.2. The average molecular weight is 482 g/mol. The molecular weight excluding hydrogens is 463 g/mol. The van der Waals surface area contributed by atoms with Crippen molar-refractivity contribution in [2.24, 2.45) is 0 Å². The van der Waals surface area contributed by atoms with Crippen molar-refractivity contribution < 1.29 is 31.5 Å². The van der Waals surface area contributed by atoms with Crippen LogP contribution in [0.1, 0.15) is 35.1 Å². The van der Waals surface area contributed by atoms with Crippen LogP contribution in [0.3, 0.4) is 0 Å². The number of hydrogen-bond donors (Lipinski definition) is 1. The number of nitrogens with zero attached hydrogens (tertiary/aromatic N) is 3. The van der Waals surface area contributed by atoms with E-state index in [9.17, 15) is 27.2 Å². The number of rotatable bonds is 8. The molecule has 0 spiro atoms. The lowest BCUT2D eigenvalue weighted by Crippen LogP contribution is -2.29. The Morgan fingerprint density at radius 2 is 1.91 bits per heavy atom. The maximum Gasteiger partial charge on any atom is 0.351 e. The molecule has 1 atom stereocenters. The van der Waals surface area contributed by atoms with Gasteiger partial charge in [0.25, 0.3) is 12.3 Å². The third-order valence-electron chi connectivity index (χ3n) is 5.25. The fourth-order valence-corrected chi connectivity index (χ4v) is 3.43. The molecule has 180 valence electrons. The molecule has 12 heteroatoms. The monoisotopic (exact) mass is 482 g/mol. The van der Waals surface area contributed by atoms with E-state index in [4.69, 9.17) is 4.74 Å². The van der Waals surface area contributed by atoms with E-state index < -0.39 is 59.4 Å². The molecule has 1 N–H and O–H groups in total. The molecule has 3 aromatic rings. The van der Waals surface area contributed by atoms with Crippen LogP contribution in [-0.4, -0.2) is 39.5 Å². The Morgan fingerprint density at radius 3 is 2.53 bits per heavy atom. The van der Waals surface area contributed by atoms with Crippen LogP contribution < -0.4 is 15.7 Å². The topological polar surface area (TPSA) is 78.2 Å². The quantitative estimate of drug-likeness (QED) is 0.489. The Morgan fingerprint density at radius 1 is 1.21 bits per heavy atom. The second kappa shape index (κ2) is 9.27. The highest BCUT2D eigenvalue weighted by molar-refractivity contribution is 6.06. The van der Waals surface area contributed by atoms with Gasteiger partial charge in [0.1, 0.15) is 35.6 Å². The Labute approximate surface area is 189 Å². The first-order valence-corrected chi connectivity index (χ1v) is 10.3. The lowest BCUT2D eigenvalue weighted by Gasteiger charge is -2.19. The predicted octanol–water partition coefficient (Wildman–Crippen LogP) is 4.19. The van der Waals surface area contributed by atoms with Gasteiger partial charge in [0, 0.05) is 12.1 Å². The van der Waals surface area contributed by atoms with Crippen LogP contribution in [0.5, 0.6) is 5.75 Å². The largest absolute Gasteiger partial charge is 0.481 e. The Balaban J connectivity index is 1.79. The predicted molar refractivity (Wildman–Crippen MR) is 112 cm³/mol. The second-order valence-corrected chi connectivity index (χ2v) is 7.72. The van der Waals surface area contributed by atoms with Gasteiger partial charge in [0.05, 0.1) is 11.3 Å². The maximum atomic E-state index is 15.1. The summed E-state index contributed by atoms with van der Waals surface area (Å²) in [4.78, 5) is 25.5. The molecule has 2 aromatic carbocycles. The third-order valence-corrected chi connectivity index (χ3v) is 5.25. The zero-order valence-electron chi connectivity index (χ0n) is 17.8. The van der Waals surface area contributed by atoms with E-state index in [0.717, 1.165) is 29.7 Å². The smallest absolute Gasteiger partial charge is 0.351 e. The minimum Gasteiger partial charge on any atom is -0.481 e. The molecule has 0 saturated heterocycles. The normalized spacial score (nSPS) is 14.3. The molecule has 0 bridgehead atoms. The lowest BCUT2D eigenvalue weighted by atomic mass is 10.1. The molecule has 0 radical (unpaired) electrons. The minimum atomic E-state index is -3.26. The summed E-state index contributed by atoms with van der Waals surface area (Å²) in [6.07, 6.45) is -4.02. The summed E-state index contributed by atoms with van der Waals surface area (Å²) < 4.78 is 75.6. The first-order valence-electron chi connectivity index (χ1n) is 10.3. The van der Waals surface area contributed by atoms with Crippen LogP contribution >= 0.6 is 0 Å². The average Bonchev–Trinajstić information content (AvgIpc) is 3.58. The lowest BCUT2D eigenvalue weighted by molar-refractivity contribution is -0.00158. The van der Waals surface area contributed by atoms with Crippen molar-refractivity contribution in [2.45, 2.75) is 38.3 Å². The van der Waals surface area contributed by atoms with Gasteiger partial charge in [0.15, 0.2) is 6.10 Å². The van der Waals surface area contributed by atoms with Crippen molar-refractivity contribution in [1.29, 1.82) is 0 Å². The minimum absolute atomic E-state index is 0.0689. The molecule has 34 heavy (non-hydrogen) atoms. The summed E-state index contributed by atoms with van der Waals surface area (Å²) in [6, 6.07) is 6.50. The van der Waals surface area contributed by atoms with Gasteiger partial charge in [-0.1, -0.05) is 12.1 Å². The van der Waals surface area contributed by atoms with E-state index in [-0.39, 0.29) is 11.7 Å². The highest BCUT2D eigenvalue weighted by Gasteiger charge is 2.31. The number of ether oxygens (including phenoxy) is 1. The SMILES string of the molecule is Cc1nn(-c2cc(O[C@@H](CF)C(F)F)c(C(=O)Nc3ccccc3F)cc2F)c(=O)n1C1CC1. The summed E-state index contributed by atoms with van der Waals surface area (Å²) in [5.41, 5.74) is -2.00. The van der Waals surface area contributed by atoms with E-state index in [1.807, 2.05) is 0 Å². The summed E-state index contributed by atoms with van der Waals surface area (Å²) >= 11 is 0. The van der Waals surface area contributed by atoms with Crippen molar-refractivity contribution in [1.82, 2.24) is 14.3 Å². The number of hydrogen-bond acceptors (Lipinski definition) is 4. The molecule has 1 aliphatic rings. The molecule has 1 aromatic heterocycles. The summed E-state index contributed by atoms with van der Waals surface area (Å²) in [5, 5.41) is 6.22. The van der Waals surface area contributed by atoms with Gasteiger partial charge in [-0.05, 0) is 38.0 Å². The number of carbonyl (C=O) groups is 1. The Bertz CT molecular complexity index is 1290. The van der Waals surface area contributed by atoms with E-state index >= 15 is 4.39 Å². The van der Waals surface area contributed by atoms with E-state index in [1.54, 1.807) is 6.92 Å². The van der Waals surface area contributed by atoms with Crippen LogP contribution in [0.15, 0.2) is 41.2 Å². The summed E-state index contributed by atoms with van der Waals surface area (Å²) in [7, 11) is 0. The summed E-state index contributed by atoms with van der Waals surface area (Å²) in [5.74, 6) is -3.30. The van der Waals surface area contributed by atoms with Crippen molar-refractivity contribution in [2.75, 3.05) is 12.0 Å². The first kappa shape index (κ1) is 23.5. The van der Waals surface area contributed by atoms with Gasteiger partial charge in [-0.15, -0.1) is 0 Å². The van der Waals surface area contributed by atoms with Crippen LogP contribution in [0, 0.1) is 18.6 Å². The van der Waals surface area contributed by atoms with Gasteiger partial charge in [-0.2, -0.15) is 9.78 Å². The van der Waals surface area contributed by atoms with Gasteiger partial charge in [-0.25, -0.2) is 26.7 Å². The van der Waals surface area contributed by atoms with Gasteiger partial charge < -0.3 is 10.1 Å². The van der Waals surface area contributed by atoms with Gasteiger partial charge in [-0.3, -0.25) is 9.36 Å². The van der Waals surface area contributed by atoms with E-state index in [1.165, 1.54) is 22.8 Å². The zero-order valence-corrected chi connectivity index (χ0v) is 17.8. The standard InChI is InChI=1S/C22H19F5N4O3/c1-11-29-31(22(33)30(11)12-6-7-12)17-9-18(34-19(10-23)20(26)27)13(8-15(17)25)21(32)28-16-5-3-2-4-14(16)24/h2-5,8-9,12,19-20H,6-7,10H2,1H3,(H,28,32)/t19-/m0/s1. The van der Waals surface area contributed by atoms with Crippen LogP contribution in [0.4, 0.5) is 27.6 Å². The molecular formula is C22H19F5N4O3. The molecule has 1 heterocycles. The van der Waals surface area contributed by atoms with Crippen molar-refractivity contribution >= 4 is 11.6 Å². The molecule has 1 fully saturated rings. The molecule has 1 amide bonds. The number of halogens is 5. The Kier molecular flexibility index (Phi) is 6.40. The van der Waals surface area contributed by atoms with Gasteiger partial charge >= 0.3 is 5.69 Å². The zero-order chi connectivity index (χ0) is 24.6. The summed E-state index contributed by atoms with van der Waals surface area (Å²) in [6.45, 7) is -0.0498. The molecule has 0 aliphatic heterocycles. The Hall–Kier alpha value is -3.70. The van der Waals surface area contributed by atoms with Crippen LogP contribution in [0.2, 0.25) is 0 Å². The highest BCUT2D eigenvalue weighted by Crippen LogP contribution is 2.34. The number of alkyl halides is 3. The third kappa shape index (κ3) is 4.52. The number of benzene rings is 2. The second-order valence-electron chi connectivity index (χ2n) is 7.72. The van der Waals surface area contributed by atoms with Crippen molar-refractivity contribution in [3.05, 3.63) is 69.9 Å². The van der Waals surface area contributed by atoms with Gasteiger partial charge in [0.2, 0.25) is 0 Å². The number of amides is 1. The van der Waals surface area contributed by atoms with E-state index in [2.05, 4.69) is 10.4 Å². The van der Waals surface area contributed by atoms with Crippen LogP contribution in [0.25, 0.3) is 5.69 Å². The maximum absolute atomic E-state index is 15.1. The van der Waals surface area contributed by atoms with Crippen molar-refractivity contribution in [3.8, 4) is 11.4 Å². The number of anilines is 1. The fraction of sp³-hybridized carbons (Fsp3) is 0.318. The molecule has 4 rings (SSSR count).